The van der Waals surface area contributed by atoms with Crippen molar-refractivity contribution >= 4 is 5.91 Å². The first-order valence-corrected chi connectivity index (χ1v) is 7.50. The molecule has 0 aliphatic carbocycles. The van der Waals surface area contributed by atoms with Crippen molar-refractivity contribution in [2.24, 2.45) is 11.8 Å². The maximum absolute atomic E-state index is 11.5. The molecule has 0 aromatic heterocycles. The van der Waals surface area contributed by atoms with Gasteiger partial charge in [0.2, 0.25) is 5.91 Å². The topological polar surface area (TPSA) is 67.6 Å². The summed E-state index contributed by atoms with van der Waals surface area (Å²) in [6, 6.07) is 8.09. The molecule has 0 saturated carbocycles. The Hall–Kier alpha value is -1.43. The lowest BCUT2D eigenvalue weighted by Gasteiger charge is -2.32. The van der Waals surface area contributed by atoms with Gasteiger partial charge in [-0.3, -0.25) is 15.1 Å². The van der Waals surface area contributed by atoms with E-state index in [-0.39, 0.29) is 5.91 Å². The van der Waals surface area contributed by atoms with Crippen LogP contribution in [0.4, 0.5) is 0 Å². The smallest absolute Gasteiger partial charge is 0.238 e. The Kier molecular flexibility index (Phi) is 6.17. The number of carbonyl (C=O) groups excluding carboxylic acids is 1. The molecular formula is C16H25N3O2. The van der Waals surface area contributed by atoms with E-state index in [2.05, 4.69) is 16.4 Å². The van der Waals surface area contributed by atoms with Crippen molar-refractivity contribution in [2.45, 2.75) is 25.8 Å². The Morgan fingerprint density at radius 2 is 2.19 bits per heavy atom. The Morgan fingerprint density at radius 1 is 1.43 bits per heavy atom. The Bertz CT molecular complexity index is 463. The second-order valence-corrected chi connectivity index (χ2v) is 5.71. The number of benzene rings is 1. The van der Waals surface area contributed by atoms with Gasteiger partial charge in [0.1, 0.15) is 0 Å². The largest absolute Gasteiger partial charge is 0.384 e. The fourth-order valence-electron chi connectivity index (χ4n) is 3.02. The number of piperidine rings is 1. The molecule has 3 N–H and O–H groups in total. The number of nitrogens with zero attached hydrogens (tertiary/aromatic N) is 1. The highest BCUT2D eigenvalue weighted by Crippen LogP contribution is 2.20. The molecule has 1 heterocycles. The van der Waals surface area contributed by atoms with Crippen molar-refractivity contribution < 1.29 is 9.53 Å². The van der Waals surface area contributed by atoms with Crippen LogP contribution < -0.4 is 11.3 Å². The number of hydrazine groups is 1. The Morgan fingerprint density at radius 3 is 2.90 bits per heavy atom. The third-order valence-electron chi connectivity index (χ3n) is 4.03. The summed E-state index contributed by atoms with van der Waals surface area (Å²) >= 11 is 0. The van der Waals surface area contributed by atoms with E-state index in [1.165, 1.54) is 18.4 Å². The summed E-state index contributed by atoms with van der Waals surface area (Å²) in [6.45, 7) is 3.88. The summed E-state index contributed by atoms with van der Waals surface area (Å²) in [5, 5.41) is 0. The first-order valence-electron chi connectivity index (χ1n) is 7.50. The van der Waals surface area contributed by atoms with E-state index in [0.29, 0.717) is 12.3 Å². The van der Waals surface area contributed by atoms with Crippen LogP contribution in [0.5, 0.6) is 0 Å². The van der Waals surface area contributed by atoms with Crippen LogP contribution in [-0.2, 0) is 22.5 Å². The van der Waals surface area contributed by atoms with E-state index in [4.69, 9.17) is 10.6 Å². The van der Waals surface area contributed by atoms with E-state index in [0.717, 1.165) is 31.8 Å². The fraction of sp³-hybridized carbons (Fsp3) is 0.562. The van der Waals surface area contributed by atoms with E-state index < -0.39 is 0 Å². The molecule has 1 aromatic rings. The third kappa shape index (κ3) is 4.81. The zero-order valence-electron chi connectivity index (χ0n) is 12.7. The molecule has 2 rings (SSSR count). The first kappa shape index (κ1) is 15.9. The van der Waals surface area contributed by atoms with Crippen LogP contribution >= 0.6 is 0 Å². The van der Waals surface area contributed by atoms with Crippen molar-refractivity contribution in [2.75, 3.05) is 26.8 Å². The molecule has 5 heteroatoms. The summed E-state index contributed by atoms with van der Waals surface area (Å²) in [5.41, 5.74) is 4.46. The molecule has 1 amide bonds. The zero-order chi connectivity index (χ0) is 15.1. The molecule has 1 aliphatic rings. The van der Waals surface area contributed by atoms with Crippen molar-refractivity contribution in [1.29, 1.82) is 0 Å². The van der Waals surface area contributed by atoms with Gasteiger partial charge in [-0.05, 0) is 36.4 Å². The molecule has 0 radical (unpaired) electrons. The van der Waals surface area contributed by atoms with Crippen LogP contribution in [0, 0.1) is 5.92 Å². The van der Waals surface area contributed by atoms with Crippen molar-refractivity contribution in [3.8, 4) is 0 Å². The number of hydrogen-bond acceptors (Lipinski definition) is 4. The van der Waals surface area contributed by atoms with Gasteiger partial charge in [-0.25, -0.2) is 5.84 Å². The van der Waals surface area contributed by atoms with Gasteiger partial charge in [-0.2, -0.15) is 0 Å². The van der Waals surface area contributed by atoms with Gasteiger partial charge in [-0.1, -0.05) is 24.3 Å². The van der Waals surface area contributed by atoms with E-state index in [9.17, 15) is 4.79 Å². The number of amides is 1. The van der Waals surface area contributed by atoms with Crippen LogP contribution in [0.25, 0.3) is 0 Å². The van der Waals surface area contributed by atoms with Gasteiger partial charge in [0.25, 0.3) is 0 Å². The predicted octanol–water partition coefficient (Wildman–Crippen LogP) is 1.08. The molecule has 116 valence electrons. The molecule has 1 fully saturated rings. The number of nitrogens with one attached hydrogen (secondary N) is 1. The Labute approximate surface area is 126 Å². The van der Waals surface area contributed by atoms with Crippen LogP contribution in [0.1, 0.15) is 24.0 Å². The maximum atomic E-state index is 11.5. The lowest BCUT2D eigenvalue weighted by Crippen LogP contribution is -2.37. The van der Waals surface area contributed by atoms with Gasteiger partial charge in [0.15, 0.2) is 0 Å². The minimum atomic E-state index is -0.154. The maximum Gasteiger partial charge on any atom is 0.238 e. The summed E-state index contributed by atoms with van der Waals surface area (Å²) in [7, 11) is 1.76. The van der Waals surface area contributed by atoms with Gasteiger partial charge < -0.3 is 4.74 Å². The van der Waals surface area contributed by atoms with Gasteiger partial charge in [0, 0.05) is 20.2 Å². The highest BCUT2D eigenvalue weighted by molar-refractivity contribution is 5.78. The molecule has 1 atom stereocenters. The molecule has 0 bridgehead atoms. The van der Waals surface area contributed by atoms with Crippen molar-refractivity contribution in [3.63, 3.8) is 0 Å². The molecule has 1 saturated heterocycles. The lowest BCUT2D eigenvalue weighted by atomic mass is 9.97. The number of ether oxygens (including phenoxy) is 1. The molecule has 1 aliphatic heterocycles. The average molecular weight is 291 g/mol. The predicted molar refractivity (Wildman–Crippen MR) is 82.4 cm³/mol. The second kappa shape index (κ2) is 8.12. The quantitative estimate of drug-likeness (QED) is 0.467. The summed E-state index contributed by atoms with van der Waals surface area (Å²) in [6.07, 6.45) is 2.78. The molecule has 21 heavy (non-hydrogen) atoms. The first-order chi connectivity index (χ1) is 10.2. The molecule has 1 unspecified atom stereocenters. The minimum Gasteiger partial charge on any atom is -0.384 e. The molecule has 5 nitrogen and oxygen atoms in total. The van der Waals surface area contributed by atoms with Gasteiger partial charge in [-0.15, -0.1) is 0 Å². The monoisotopic (exact) mass is 291 g/mol. The number of rotatable bonds is 6. The highest BCUT2D eigenvalue weighted by Gasteiger charge is 2.20. The number of carbonyl (C=O) groups is 1. The standard InChI is InChI=1S/C16H25N3O2/c1-21-12-13-5-4-8-19(10-13)11-15-7-3-2-6-14(15)9-16(20)18-17/h2-3,6-7,13H,4-5,8-12,17H2,1H3,(H,18,20). The van der Waals surface area contributed by atoms with Crippen LogP contribution in [0.15, 0.2) is 24.3 Å². The Balaban J connectivity index is 2.00. The second-order valence-electron chi connectivity index (χ2n) is 5.71. The minimum absolute atomic E-state index is 0.154. The highest BCUT2D eigenvalue weighted by atomic mass is 16.5. The number of nitrogens with two attached hydrogens (primary N) is 1. The summed E-state index contributed by atoms with van der Waals surface area (Å²) in [5.74, 6) is 5.64. The van der Waals surface area contributed by atoms with Crippen LogP contribution in [0.3, 0.4) is 0 Å². The third-order valence-corrected chi connectivity index (χ3v) is 4.03. The van der Waals surface area contributed by atoms with Gasteiger partial charge in [0.05, 0.1) is 13.0 Å². The normalized spacial score (nSPS) is 19.4. The van der Waals surface area contributed by atoms with Crippen molar-refractivity contribution in [1.82, 2.24) is 10.3 Å². The number of likely N-dealkylation sites (tertiary alicyclic amines) is 1. The SMILES string of the molecule is COCC1CCCN(Cc2ccccc2CC(=O)NN)C1. The van der Waals surface area contributed by atoms with E-state index in [1.807, 2.05) is 18.2 Å². The zero-order valence-corrected chi connectivity index (χ0v) is 12.7. The van der Waals surface area contributed by atoms with Crippen LogP contribution in [-0.4, -0.2) is 37.6 Å². The van der Waals surface area contributed by atoms with Crippen LogP contribution in [0.2, 0.25) is 0 Å². The lowest BCUT2D eigenvalue weighted by molar-refractivity contribution is -0.120. The van der Waals surface area contributed by atoms with Crippen molar-refractivity contribution in [3.05, 3.63) is 35.4 Å². The average Bonchev–Trinajstić information content (AvgIpc) is 2.50. The van der Waals surface area contributed by atoms with E-state index >= 15 is 0 Å². The number of methoxy groups -OCH3 is 1. The van der Waals surface area contributed by atoms with E-state index in [1.54, 1.807) is 7.11 Å². The molecular weight excluding hydrogens is 266 g/mol. The molecule has 1 aromatic carbocycles. The van der Waals surface area contributed by atoms with Gasteiger partial charge >= 0.3 is 0 Å². The molecule has 0 spiro atoms. The summed E-state index contributed by atoms with van der Waals surface area (Å²) in [4.78, 5) is 13.9. The number of hydrogen-bond donors (Lipinski definition) is 2. The summed E-state index contributed by atoms with van der Waals surface area (Å²) < 4.78 is 5.28. The fourth-order valence-corrected chi connectivity index (χ4v) is 3.02.